The van der Waals surface area contributed by atoms with E-state index in [0.717, 1.165) is 33.8 Å². The monoisotopic (exact) mass is 403 g/mol. The molecule has 0 fully saturated rings. The van der Waals surface area contributed by atoms with E-state index in [1.807, 2.05) is 24.3 Å². The predicted molar refractivity (Wildman–Crippen MR) is 121 cm³/mol. The summed E-state index contributed by atoms with van der Waals surface area (Å²) in [7, 11) is 0. The molecule has 0 radical (unpaired) electrons. The first-order valence-electron chi connectivity index (χ1n) is 9.09. The van der Waals surface area contributed by atoms with Crippen molar-refractivity contribution >= 4 is 41.1 Å². The summed E-state index contributed by atoms with van der Waals surface area (Å²) in [6.45, 7) is 0. The van der Waals surface area contributed by atoms with Gasteiger partial charge in [-0.15, -0.1) is 24.0 Å². The van der Waals surface area contributed by atoms with Crippen LogP contribution >= 0.6 is 24.0 Å². The van der Waals surface area contributed by atoms with Gasteiger partial charge in [0.1, 0.15) is 4.87 Å². The molecule has 0 saturated heterocycles. The van der Waals surface area contributed by atoms with Crippen molar-refractivity contribution in [2.75, 3.05) is 4.90 Å². The molecule has 0 bridgehead atoms. The molecule has 0 aromatic heterocycles. The summed E-state index contributed by atoms with van der Waals surface area (Å²) in [5.41, 5.74) is 6.63. The predicted octanol–water partition coefficient (Wildman–Crippen LogP) is 7.42. The van der Waals surface area contributed by atoms with Crippen molar-refractivity contribution < 1.29 is 0 Å². The molecule has 28 heavy (non-hydrogen) atoms. The fourth-order valence-corrected chi connectivity index (χ4v) is 4.47. The third-order valence-electron chi connectivity index (χ3n) is 5.22. The average Bonchev–Trinajstić information content (AvgIpc) is 2.75. The van der Waals surface area contributed by atoms with Gasteiger partial charge >= 0.3 is 0 Å². The van der Waals surface area contributed by atoms with Crippen molar-refractivity contribution in [3.63, 3.8) is 0 Å². The van der Waals surface area contributed by atoms with Crippen LogP contribution in [0.4, 0.5) is 17.1 Å². The average molecular weight is 404 g/mol. The molecule has 1 nitrogen and oxygen atoms in total. The zero-order chi connectivity index (χ0) is 18.3. The Morgan fingerprint density at radius 2 is 0.964 bits per heavy atom. The van der Waals surface area contributed by atoms with Gasteiger partial charge in [-0.2, -0.15) is 0 Å². The van der Waals surface area contributed by atoms with Crippen molar-refractivity contribution in [2.45, 2.75) is 4.87 Å². The molecule has 0 unspecified atom stereocenters. The Morgan fingerprint density at radius 3 is 1.50 bits per heavy atom. The number of hydrogen-bond donors (Lipinski definition) is 0. The summed E-state index contributed by atoms with van der Waals surface area (Å²) in [5.74, 6) is 0. The van der Waals surface area contributed by atoms with E-state index in [9.17, 15) is 0 Å². The molecule has 5 rings (SSSR count). The van der Waals surface area contributed by atoms with Crippen LogP contribution in [0.5, 0.6) is 0 Å². The van der Waals surface area contributed by atoms with Gasteiger partial charge in [-0.25, -0.2) is 0 Å². The molecule has 0 saturated carbocycles. The maximum atomic E-state index is 7.49. The molecule has 138 valence electrons. The van der Waals surface area contributed by atoms with Gasteiger partial charge in [0.05, 0.1) is 11.4 Å². The van der Waals surface area contributed by atoms with Gasteiger partial charge in [0.15, 0.2) is 0 Å². The van der Waals surface area contributed by atoms with E-state index in [0.29, 0.717) is 0 Å². The van der Waals surface area contributed by atoms with Gasteiger partial charge in [-0.3, -0.25) is 0 Å². The van der Waals surface area contributed by atoms with Gasteiger partial charge in [0.25, 0.3) is 0 Å². The molecule has 1 heterocycles. The molecular formula is C25H19Cl2N. The lowest BCUT2D eigenvalue weighted by atomic mass is 9.79. The minimum absolute atomic E-state index is 0. The number of hydrogen-bond acceptors (Lipinski definition) is 1. The highest BCUT2D eigenvalue weighted by atomic mass is 35.5. The maximum Gasteiger partial charge on any atom is 0.123 e. The van der Waals surface area contributed by atoms with E-state index in [4.69, 9.17) is 11.6 Å². The first-order chi connectivity index (χ1) is 13.3. The molecule has 4 aromatic carbocycles. The van der Waals surface area contributed by atoms with Crippen LogP contribution in [0.25, 0.3) is 0 Å². The van der Waals surface area contributed by atoms with Crippen LogP contribution in [0.15, 0.2) is 109 Å². The summed E-state index contributed by atoms with van der Waals surface area (Å²) in [6, 6.07) is 37.7. The van der Waals surface area contributed by atoms with E-state index in [2.05, 4.69) is 89.8 Å². The number of anilines is 3. The van der Waals surface area contributed by atoms with Crippen molar-refractivity contribution in [2.24, 2.45) is 0 Å². The zero-order valence-electron chi connectivity index (χ0n) is 15.1. The number of para-hydroxylation sites is 3. The van der Waals surface area contributed by atoms with E-state index >= 15 is 0 Å². The lowest BCUT2D eigenvalue weighted by Gasteiger charge is -2.42. The van der Waals surface area contributed by atoms with Gasteiger partial charge in [-0.05, 0) is 29.8 Å². The lowest BCUT2D eigenvalue weighted by molar-refractivity contribution is 0.853. The largest absolute Gasteiger partial charge is 0.310 e. The number of alkyl halides is 1. The molecular weight excluding hydrogens is 385 g/mol. The SMILES string of the molecule is Cl.ClC1(c2ccccc2)c2ccccc2N(c2ccccc2)c2ccccc21. The third kappa shape index (κ3) is 2.71. The second-order valence-corrected chi connectivity index (χ2v) is 7.30. The molecule has 4 aromatic rings. The molecule has 1 aliphatic rings. The van der Waals surface area contributed by atoms with E-state index in [1.54, 1.807) is 0 Å². The van der Waals surface area contributed by atoms with Crippen LogP contribution in [0.3, 0.4) is 0 Å². The highest BCUT2D eigenvalue weighted by Gasteiger charge is 2.43. The smallest absolute Gasteiger partial charge is 0.123 e. The van der Waals surface area contributed by atoms with Gasteiger partial charge in [-0.1, -0.05) is 84.9 Å². The molecule has 0 aliphatic carbocycles. The molecule has 0 spiro atoms. The minimum Gasteiger partial charge on any atom is -0.310 e. The fraction of sp³-hybridized carbons (Fsp3) is 0.0400. The Hall–Kier alpha value is -2.74. The number of rotatable bonds is 2. The highest BCUT2D eigenvalue weighted by Crippen LogP contribution is 2.56. The minimum atomic E-state index is -0.722. The number of benzene rings is 4. The van der Waals surface area contributed by atoms with Crippen LogP contribution in [-0.2, 0) is 4.87 Å². The maximum absolute atomic E-state index is 7.49. The second kappa shape index (κ2) is 7.35. The van der Waals surface area contributed by atoms with Gasteiger partial charge in [0.2, 0.25) is 0 Å². The Bertz CT molecular complexity index is 1050. The molecule has 0 atom stereocenters. The fourth-order valence-electron chi connectivity index (χ4n) is 4.03. The quantitative estimate of drug-likeness (QED) is 0.314. The molecule has 0 amide bonds. The first-order valence-corrected chi connectivity index (χ1v) is 9.46. The van der Waals surface area contributed by atoms with Crippen LogP contribution in [0.2, 0.25) is 0 Å². The Morgan fingerprint density at radius 1 is 0.536 bits per heavy atom. The van der Waals surface area contributed by atoms with Gasteiger partial charge < -0.3 is 4.90 Å². The Balaban J connectivity index is 0.00000192. The van der Waals surface area contributed by atoms with Crippen LogP contribution in [0, 0.1) is 0 Å². The standard InChI is InChI=1S/C25H18ClN.ClH/c26-25(19-11-3-1-4-12-19)21-15-7-9-17-23(21)27(20-13-5-2-6-14-20)24-18-10-8-16-22(24)25;/h1-18H;1H. The highest BCUT2D eigenvalue weighted by molar-refractivity contribution is 6.30. The number of fused-ring (bicyclic) bond motifs is 2. The van der Waals surface area contributed by atoms with Crippen molar-refractivity contribution in [1.82, 2.24) is 0 Å². The van der Waals surface area contributed by atoms with E-state index < -0.39 is 4.87 Å². The van der Waals surface area contributed by atoms with Crippen molar-refractivity contribution in [3.8, 4) is 0 Å². The number of halogens is 2. The normalized spacial score (nSPS) is 13.8. The van der Waals surface area contributed by atoms with Crippen LogP contribution in [0.1, 0.15) is 16.7 Å². The summed E-state index contributed by atoms with van der Waals surface area (Å²) in [4.78, 5) is 1.58. The Kier molecular flexibility index (Phi) is 4.89. The van der Waals surface area contributed by atoms with E-state index in [-0.39, 0.29) is 12.4 Å². The summed E-state index contributed by atoms with van der Waals surface area (Å²) < 4.78 is 0. The lowest BCUT2D eigenvalue weighted by Crippen LogP contribution is -2.32. The van der Waals surface area contributed by atoms with Crippen LogP contribution in [-0.4, -0.2) is 0 Å². The zero-order valence-corrected chi connectivity index (χ0v) is 16.7. The third-order valence-corrected chi connectivity index (χ3v) is 5.84. The van der Waals surface area contributed by atoms with Crippen LogP contribution < -0.4 is 4.90 Å². The molecule has 3 heteroatoms. The van der Waals surface area contributed by atoms with Crippen molar-refractivity contribution in [3.05, 3.63) is 126 Å². The summed E-state index contributed by atoms with van der Waals surface area (Å²) in [6.07, 6.45) is 0. The van der Waals surface area contributed by atoms with Gasteiger partial charge in [0, 0.05) is 16.8 Å². The van der Waals surface area contributed by atoms with E-state index in [1.165, 1.54) is 0 Å². The topological polar surface area (TPSA) is 3.24 Å². The Labute approximate surface area is 176 Å². The number of nitrogens with zero attached hydrogens (tertiary/aromatic N) is 1. The second-order valence-electron chi connectivity index (χ2n) is 6.73. The summed E-state index contributed by atoms with van der Waals surface area (Å²) >= 11 is 7.49. The van der Waals surface area contributed by atoms with Crippen molar-refractivity contribution in [1.29, 1.82) is 0 Å². The molecule has 0 N–H and O–H groups in total. The summed E-state index contributed by atoms with van der Waals surface area (Å²) in [5, 5.41) is 0. The first kappa shape index (κ1) is 18.6. The molecule has 1 aliphatic heterocycles.